The molecular weight excluding hydrogens is 266 g/mol. The van der Waals surface area contributed by atoms with E-state index in [0.717, 1.165) is 10.6 Å². The van der Waals surface area contributed by atoms with Crippen molar-refractivity contribution < 1.29 is 14.9 Å². The number of aromatic nitrogens is 2. The summed E-state index contributed by atoms with van der Waals surface area (Å²) in [5.41, 5.74) is -2.71. The molecule has 3 N–H and O–H groups in total. The molecule has 0 spiro atoms. The summed E-state index contributed by atoms with van der Waals surface area (Å²) in [4.78, 5) is 24.9. The van der Waals surface area contributed by atoms with E-state index < -0.39 is 34.9 Å². The SMILES string of the molecule is C[C@@]1(C#N)[C@H](O)[C@@H](CO)CO[C@H]1n1ccc(=O)[nH]c1=O. The first-order valence-corrected chi connectivity index (χ1v) is 6.07. The maximum atomic E-state index is 11.8. The molecule has 2 heterocycles. The number of aliphatic hydroxyl groups is 2. The molecule has 2 rings (SSSR count). The number of ether oxygens (including phenoxy) is 1. The van der Waals surface area contributed by atoms with Crippen LogP contribution in [0.25, 0.3) is 0 Å². The number of aromatic amines is 1. The van der Waals surface area contributed by atoms with E-state index in [2.05, 4.69) is 4.98 Å². The van der Waals surface area contributed by atoms with Gasteiger partial charge in [-0.15, -0.1) is 0 Å². The molecule has 0 aliphatic carbocycles. The molecule has 1 fully saturated rings. The van der Waals surface area contributed by atoms with Gasteiger partial charge in [0.1, 0.15) is 5.41 Å². The van der Waals surface area contributed by atoms with Gasteiger partial charge in [-0.3, -0.25) is 14.3 Å². The van der Waals surface area contributed by atoms with Gasteiger partial charge in [0.2, 0.25) is 0 Å². The summed E-state index contributed by atoms with van der Waals surface area (Å²) >= 11 is 0. The van der Waals surface area contributed by atoms with Gasteiger partial charge in [0.25, 0.3) is 5.56 Å². The Hall–Kier alpha value is -1.95. The number of H-pyrrole nitrogens is 1. The van der Waals surface area contributed by atoms with Crippen molar-refractivity contribution in [2.75, 3.05) is 13.2 Å². The Kier molecular flexibility index (Phi) is 3.76. The molecule has 1 aliphatic rings. The Morgan fingerprint density at radius 2 is 2.35 bits per heavy atom. The van der Waals surface area contributed by atoms with Crippen molar-refractivity contribution in [2.45, 2.75) is 19.3 Å². The molecule has 1 aliphatic heterocycles. The maximum absolute atomic E-state index is 11.8. The number of hydrogen-bond donors (Lipinski definition) is 3. The molecule has 108 valence electrons. The number of nitrogens with zero attached hydrogens (tertiary/aromatic N) is 2. The first kappa shape index (κ1) is 14.5. The van der Waals surface area contributed by atoms with E-state index in [1.165, 1.54) is 13.1 Å². The van der Waals surface area contributed by atoms with Crippen LogP contribution in [-0.4, -0.2) is 39.1 Å². The topological polar surface area (TPSA) is 128 Å². The number of rotatable bonds is 2. The Balaban J connectivity index is 2.49. The van der Waals surface area contributed by atoms with Crippen LogP contribution in [0.2, 0.25) is 0 Å². The second-order valence-corrected chi connectivity index (χ2v) is 4.99. The molecule has 0 aromatic carbocycles. The fourth-order valence-electron chi connectivity index (χ4n) is 2.37. The van der Waals surface area contributed by atoms with Crippen molar-refractivity contribution >= 4 is 0 Å². The number of aliphatic hydroxyl groups excluding tert-OH is 2. The van der Waals surface area contributed by atoms with Crippen molar-refractivity contribution in [1.82, 2.24) is 9.55 Å². The first-order valence-electron chi connectivity index (χ1n) is 6.07. The summed E-state index contributed by atoms with van der Waals surface area (Å²) < 4.78 is 6.52. The summed E-state index contributed by atoms with van der Waals surface area (Å²) in [6, 6.07) is 3.08. The fraction of sp³-hybridized carbons (Fsp3) is 0.583. The molecule has 0 unspecified atom stereocenters. The molecule has 0 radical (unpaired) electrons. The minimum atomic E-state index is -1.42. The second kappa shape index (κ2) is 5.20. The normalized spacial score (nSPS) is 33.6. The smallest absolute Gasteiger partial charge is 0.330 e. The largest absolute Gasteiger partial charge is 0.396 e. The van der Waals surface area contributed by atoms with Crippen molar-refractivity contribution in [3.05, 3.63) is 33.1 Å². The Morgan fingerprint density at radius 1 is 1.65 bits per heavy atom. The van der Waals surface area contributed by atoms with Crippen LogP contribution in [0.1, 0.15) is 13.2 Å². The maximum Gasteiger partial charge on any atom is 0.330 e. The molecule has 4 atom stereocenters. The number of hydrogen-bond acceptors (Lipinski definition) is 6. The van der Waals surface area contributed by atoms with Crippen LogP contribution in [0, 0.1) is 22.7 Å². The van der Waals surface area contributed by atoms with Gasteiger partial charge >= 0.3 is 5.69 Å². The van der Waals surface area contributed by atoms with Crippen molar-refractivity contribution in [1.29, 1.82) is 5.26 Å². The lowest BCUT2D eigenvalue weighted by Gasteiger charge is -2.43. The van der Waals surface area contributed by atoms with E-state index in [1.807, 2.05) is 6.07 Å². The van der Waals surface area contributed by atoms with E-state index >= 15 is 0 Å². The third-order valence-corrected chi connectivity index (χ3v) is 3.62. The van der Waals surface area contributed by atoms with E-state index in [-0.39, 0.29) is 13.2 Å². The second-order valence-electron chi connectivity index (χ2n) is 4.99. The van der Waals surface area contributed by atoms with E-state index in [1.54, 1.807) is 0 Å². The van der Waals surface area contributed by atoms with E-state index in [4.69, 9.17) is 4.74 Å². The molecule has 8 heteroatoms. The first-order chi connectivity index (χ1) is 9.43. The highest BCUT2D eigenvalue weighted by Crippen LogP contribution is 2.41. The predicted octanol–water partition coefficient (Wildman–Crippen LogP) is -1.44. The molecule has 1 saturated heterocycles. The zero-order chi connectivity index (χ0) is 14.9. The van der Waals surface area contributed by atoms with Gasteiger partial charge in [0, 0.05) is 18.2 Å². The van der Waals surface area contributed by atoms with E-state index in [0.29, 0.717) is 0 Å². The lowest BCUT2D eigenvalue weighted by atomic mass is 9.75. The quantitative estimate of drug-likeness (QED) is 0.609. The summed E-state index contributed by atoms with van der Waals surface area (Å²) in [6.07, 6.45) is -0.988. The van der Waals surface area contributed by atoms with Gasteiger partial charge < -0.3 is 14.9 Å². The summed E-state index contributed by atoms with van der Waals surface area (Å²) in [7, 11) is 0. The van der Waals surface area contributed by atoms with Crippen LogP contribution in [0.15, 0.2) is 21.9 Å². The van der Waals surface area contributed by atoms with Gasteiger partial charge in [0.05, 0.1) is 25.4 Å². The molecule has 0 amide bonds. The fourth-order valence-corrected chi connectivity index (χ4v) is 2.37. The molecule has 0 saturated carbocycles. The minimum absolute atomic E-state index is 0.00513. The average Bonchev–Trinajstić information content (AvgIpc) is 2.43. The van der Waals surface area contributed by atoms with Gasteiger partial charge in [-0.05, 0) is 6.92 Å². The summed E-state index contributed by atoms with van der Waals surface area (Å²) in [5, 5.41) is 28.7. The monoisotopic (exact) mass is 281 g/mol. The minimum Gasteiger partial charge on any atom is -0.396 e. The summed E-state index contributed by atoms with van der Waals surface area (Å²) in [5.74, 6) is -0.602. The van der Waals surface area contributed by atoms with Crippen molar-refractivity contribution in [2.24, 2.45) is 11.3 Å². The van der Waals surface area contributed by atoms with Crippen LogP contribution in [0.5, 0.6) is 0 Å². The zero-order valence-electron chi connectivity index (χ0n) is 10.8. The Bertz CT molecular complexity index is 645. The lowest BCUT2D eigenvalue weighted by molar-refractivity contribution is -0.191. The third-order valence-electron chi connectivity index (χ3n) is 3.62. The molecule has 0 bridgehead atoms. The highest BCUT2D eigenvalue weighted by atomic mass is 16.5. The molecular formula is C12H15N3O5. The van der Waals surface area contributed by atoms with E-state index in [9.17, 15) is 25.1 Å². The van der Waals surface area contributed by atoms with Crippen LogP contribution in [-0.2, 0) is 4.74 Å². The summed E-state index contributed by atoms with van der Waals surface area (Å²) in [6.45, 7) is 1.12. The molecule has 20 heavy (non-hydrogen) atoms. The number of nitrogens with one attached hydrogen (secondary N) is 1. The van der Waals surface area contributed by atoms with Crippen molar-refractivity contribution in [3.63, 3.8) is 0 Å². The highest BCUT2D eigenvalue weighted by Gasteiger charge is 2.50. The third kappa shape index (κ3) is 2.16. The van der Waals surface area contributed by atoms with Crippen LogP contribution >= 0.6 is 0 Å². The molecule has 1 aromatic heterocycles. The Morgan fingerprint density at radius 3 is 2.90 bits per heavy atom. The molecule has 8 nitrogen and oxygen atoms in total. The van der Waals surface area contributed by atoms with Gasteiger partial charge in [-0.2, -0.15) is 5.26 Å². The lowest BCUT2D eigenvalue weighted by Crippen LogP contribution is -2.53. The Labute approximate surface area is 113 Å². The highest BCUT2D eigenvalue weighted by molar-refractivity contribution is 5.08. The van der Waals surface area contributed by atoms with Gasteiger partial charge in [-0.1, -0.05) is 0 Å². The predicted molar refractivity (Wildman–Crippen MR) is 66.6 cm³/mol. The molecule has 1 aromatic rings. The zero-order valence-corrected chi connectivity index (χ0v) is 10.8. The van der Waals surface area contributed by atoms with Crippen LogP contribution < -0.4 is 11.2 Å². The van der Waals surface area contributed by atoms with Gasteiger partial charge in [-0.25, -0.2) is 4.79 Å². The van der Waals surface area contributed by atoms with Crippen LogP contribution in [0.4, 0.5) is 0 Å². The van der Waals surface area contributed by atoms with Crippen LogP contribution in [0.3, 0.4) is 0 Å². The number of nitriles is 1. The standard InChI is InChI=1S/C12H15N3O5/c1-12(6-13)9(18)7(4-16)5-20-10(12)15-3-2-8(17)14-11(15)19/h2-3,7,9-10,16,18H,4-5H2,1H3,(H,14,17,19)/t7-,9+,10+,12+/m0/s1. The van der Waals surface area contributed by atoms with Crippen molar-refractivity contribution in [3.8, 4) is 6.07 Å². The van der Waals surface area contributed by atoms with Gasteiger partial charge in [0.15, 0.2) is 6.23 Å². The average molecular weight is 281 g/mol.